The Kier molecular flexibility index (Phi) is 5.61. The van der Waals surface area contributed by atoms with Crippen LogP contribution >= 0.6 is 23.2 Å². The molecular formula is C22H19Cl2N5O. The summed E-state index contributed by atoms with van der Waals surface area (Å²) in [6.45, 7) is 3.82. The highest BCUT2D eigenvalue weighted by Crippen LogP contribution is 2.26. The van der Waals surface area contributed by atoms with Crippen molar-refractivity contribution < 1.29 is 4.79 Å². The van der Waals surface area contributed by atoms with Crippen LogP contribution in [0.3, 0.4) is 0 Å². The monoisotopic (exact) mass is 439 g/mol. The van der Waals surface area contributed by atoms with Gasteiger partial charge in [0.05, 0.1) is 27.8 Å². The maximum atomic E-state index is 12.6. The van der Waals surface area contributed by atoms with Gasteiger partial charge in [-0.1, -0.05) is 23.2 Å². The van der Waals surface area contributed by atoms with Crippen LogP contribution in [0.15, 0.2) is 54.9 Å². The normalized spacial score (nSPS) is 10.9. The lowest BCUT2D eigenvalue weighted by molar-refractivity contribution is -0.115. The molecule has 2 aromatic carbocycles. The van der Waals surface area contributed by atoms with E-state index in [1.807, 2.05) is 44.2 Å². The molecule has 0 bridgehead atoms. The maximum Gasteiger partial charge on any atom is 0.228 e. The van der Waals surface area contributed by atoms with Gasteiger partial charge in [0.1, 0.15) is 5.82 Å². The van der Waals surface area contributed by atoms with Crippen LogP contribution < -0.4 is 5.32 Å². The number of aromatic amines is 1. The Morgan fingerprint density at radius 3 is 2.53 bits per heavy atom. The number of rotatable bonds is 5. The summed E-state index contributed by atoms with van der Waals surface area (Å²) in [6, 6.07) is 12.9. The Hall–Kier alpha value is -3.09. The molecule has 0 unspecified atom stereocenters. The van der Waals surface area contributed by atoms with Crippen molar-refractivity contribution in [3.8, 4) is 17.1 Å². The number of imidazole rings is 1. The number of carbonyl (C=O) groups is 1. The molecule has 30 heavy (non-hydrogen) atoms. The summed E-state index contributed by atoms with van der Waals surface area (Å²) < 4.78 is 1.78. The van der Waals surface area contributed by atoms with Crippen molar-refractivity contribution in [2.24, 2.45) is 0 Å². The molecule has 0 atom stereocenters. The van der Waals surface area contributed by atoms with Crippen LogP contribution in [0.5, 0.6) is 0 Å². The summed E-state index contributed by atoms with van der Waals surface area (Å²) in [7, 11) is 0. The number of H-pyrrole nitrogens is 1. The third-order valence-electron chi connectivity index (χ3n) is 4.87. The number of nitrogens with one attached hydrogen (secondary N) is 2. The predicted octanol–water partition coefficient (Wildman–Crippen LogP) is 5.37. The highest BCUT2D eigenvalue weighted by Gasteiger charge is 2.17. The zero-order valence-electron chi connectivity index (χ0n) is 16.4. The second-order valence-electron chi connectivity index (χ2n) is 6.90. The Morgan fingerprint density at radius 1 is 1.10 bits per heavy atom. The summed E-state index contributed by atoms with van der Waals surface area (Å²) in [5.74, 6) is 0.675. The minimum absolute atomic E-state index is 0.111. The number of aromatic nitrogens is 4. The number of benzene rings is 2. The highest BCUT2D eigenvalue weighted by atomic mass is 35.5. The number of hydrogen-bond acceptors (Lipinski definition) is 3. The fourth-order valence-corrected chi connectivity index (χ4v) is 3.59. The Bertz CT molecular complexity index is 1200. The molecule has 0 spiro atoms. The molecule has 0 saturated heterocycles. The lowest BCUT2D eigenvalue weighted by Crippen LogP contribution is -2.15. The van der Waals surface area contributed by atoms with Gasteiger partial charge >= 0.3 is 0 Å². The second-order valence-corrected chi connectivity index (χ2v) is 7.71. The third kappa shape index (κ3) is 4.10. The molecule has 0 aliphatic heterocycles. The van der Waals surface area contributed by atoms with Gasteiger partial charge in [0.2, 0.25) is 5.91 Å². The molecule has 1 amide bonds. The van der Waals surface area contributed by atoms with Crippen molar-refractivity contribution in [3.05, 3.63) is 81.9 Å². The van der Waals surface area contributed by atoms with Gasteiger partial charge in [0.25, 0.3) is 0 Å². The number of carbonyl (C=O) groups excluding carboxylic acids is 1. The van der Waals surface area contributed by atoms with Crippen molar-refractivity contribution in [1.82, 2.24) is 19.7 Å². The molecule has 2 heterocycles. The van der Waals surface area contributed by atoms with Gasteiger partial charge in [-0.05, 0) is 56.3 Å². The van der Waals surface area contributed by atoms with Gasteiger partial charge in [-0.15, -0.1) is 0 Å². The van der Waals surface area contributed by atoms with E-state index in [-0.39, 0.29) is 12.3 Å². The summed E-state index contributed by atoms with van der Waals surface area (Å²) >= 11 is 12.1. The van der Waals surface area contributed by atoms with Gasteiger partial charge in [0, 0.05) is 34.9 Å². The van der Waals surface area contributed by atoms with E-state index in [0.717, 1.165) is 39.7 Å². The van der Waals surface area contributed by atoms with Gasteiger partial charge in [0.15, 0.2) is 0 Å². The van der Waals surface area contributed by atoms with Crippen LogP contribution in [0.2, 0.25) is 10.0 Å². The van der Waals surface area contributed by atoms with E-state index in [1.54, 1.807) is 29.2 Å². The number of amides is 1. The average Bonchev–Trinajstić information content (AvgIpc) is 3.35. The molecule has 0 radical (unpaired) electrons. The smallest absolute Gasteiger partial charge is 0.228 e. The molecule has 0 aliphatic carbocycles. The Labute approximate surface area is 183 Å². The molecule has 0 saturated carbocycles. The number of hydrogen-bond donors (Lipinski definition) is 2. The van der Waals surface area contributed by atoms with Crippen molar-refractivity contribution in [1.29, 1.82) is 0 Å². The number of anilines is 1. The van der Waals surface area contributed by atoms with E-state index in [0.29, 0.717) is 10.0 Å². The first kappa shape index (κ1) is 20.2. The molecule has 0 aliphatic rings. The lowest BCUT2D eigenvalue weighted by Gasteiger charge is -2.08. The highest BCUT2D eigenvalue weighted by molar-refractivity contribution is 6.42. The molecule has 8 heteroatoms. The largest absolute Gasteiger partial charge is 0.345 e. The lowest BCUT2D eigenvalue weighted by atomic mass is 10.1. The van der Waals surface area contributed by atoms with E-state index < -0.39 is 0 Å². The number of nitrogens with zero attached hydrogens (tertiary/aromatic N) is 3. The number of halogens is 2. The molecule has 152 valence electrons. The molecule has 2 N–H and O–H groups in total. The van der Waals surface area contributed by atoms with Crippen molar-refractivity contribution in [3.63, 3.8) is 0 Å². The zero-order chi connectivity index (χ0) is 21.3. The molecule has 2 aromatic heterocycles. The fourth-order valence-electron chi connectivity index (χ4n) is 3.30. The van der Waals surface area contributed by atoms with Crippen LogP contribution in [0.1, 0.15) is 17.0 Å². The maximum absolute atomic E-state index is 12.6. The van der Waals surface area contributed by atoms with E-state index in [9.17, 15) is 4.79 Å². The van der Waals surface area contributed by atoms with Crippen LogP contribution in [0, 0.1) is 13.8 Å². The summed E-state index contributed by atoms with van der Waals surface area (Å²) in [5.41, 5.74) is 5.03. The fraction of sp³-hybridized carbons (Fsp3) is 0.136. The van der Waals surface area contributed by atoms with E-state index in [2.05, 4.69) is 20.4 Å². The van der Waals surface area contributed by atoms with E-state index >= 15 is 0 Å². The van der Waals surface area contributed by atoms with Crippen molar-refractivity contribution in [2.75, 3.05) is 5.32 Å². The Morgan fingerprint density at radius 2 is 1.87 bits per heavy atom. The zero-order valence-corrected chi connectivity index (χ0v) is 17.9. The van der Waals surface area contributed by atoms with E-state index in [4.69, 9.17) is 23.2 Å². The minimum Gasteiger partial charge on any atom is -0.345 e. The van der Waals surface area contributed by atoms with Crippen LogP contribution in [-0.4, -0.2) is 25.7 Å². The predicted molar refractivity (Wildman–Crippen MR) is 119 cm³/mol. The van der Waals surface area contributed by atoms with Crippen LogP contribution in [0.25, 0.3) is 17.1 Å². The van der Waals surface area contributed by atoms with E-state index in [1.165, 1.54) is 0 Å². The quantitative estimate of drug-likeness (QED) is 0.438. The van der Waals surface area contributed by atoms with Crippen LogP contribution in [0.4, 0.5) is 5.69 Å². The molecule has 6 nitrogen and oxygen atoms in total. The summed E-state index contributed by atoms with van der Waals surface area (Å²) in [6.07, 6.45) is 3.70. The minimum atomic E-state index is -0.111. The summed E-state index contributed by atoms with van der Waals surface area (Å²) in [4.78, 5) is 19.9. The SMILES string of the molecule is Cc1nn(-c2ccc(Cl)c(Cl)c2)c(C)c1CC(=O)Nc1ccc(-c2ncc[nH]2)cc1. The number of aryl methyl sites for hydroxylation is 1. The first-order chi connectivity index (χ1) is 14.4. The summed E-state index contributed by atoms with van der Waals surface area (Å²) in [5, 5.41) is 8.46. The van der Waals surface area contributed by atoms with Crippen LogP contribution in [-0.2, 0) is 11.2 Å². The third-order valence-corrected chi connectivity index (χ3v) is 5.61. The van der Waals surface area contributed by atoms with Gasteiger partial charge in [-0.2, -0.15) is 5.10 Å². The molecule has 4 aromatic rings. The molecule has 0 fully saturated rings. The van der Waals surface area contributed by atoms with Crippen molar-refractivity contribution >= 4 is 34.8 Å². The average molecular weight is 440 g/mol. The topological polar surface area (TPSA) is 75.6 Å². The van der Waals surface area contributed by atoms with Gasteiger partial charge in [-0.25, -0.2) is 9.67 Å². The molecular weight excluding hydrogens is 421 g/mol. The molecule has 4 rings (SSSR count). The van der Waals surface area contributed by atoms with Gasteiger partial charge in [-0.3, -0.25) is 4.79 Å². The first-order valence-electron chi connectivity index (χ1n) is 9.32. The standard InChI is InChI=1S/C22H19Cl2N5O/c1-13-18(14(2)29(28-13)17-7-8-19(23)20(24)11-17)12-21(30)27-16-5-3-15(4-6-16)22-25-9-10-26-22/h3-11H,12H2,1-2H3,(H,25,26)(H,27,30). The first-order valence-corrected chi connectivity index (χ1v) is 10.1. The van der Waals surface area contributed by atoms with Crippen molar-refractivity contribution in [2.45, 2.75) is 20.3 Å². The second kappa shape index (κ2) is 8.34. The van der Waals surface area contributed by atoms with Gasteiger partial charge < -0.3 is 10.3 Å². The Balaban J connectivity index is 1.49.